The molecular weight excluding hydrogens is 330 g/mol. The summed E-state index contributed by atoms with van der Waals surface area (Å²) in [5.74, 6) is 0.975. The fourth-order valence-electron chi connectivity index (χ4n) is 2.07. The van der Waals surface area contributed by atoms with E-state index in [4.69, 9.17) is 4.42 Å². The number of furan rings is 1. The molecule has 2 rings (SSSR count). The molecule has 1 atom stereocenters. The van der Waals surface area contributed by atoms with Gasteiger partial charge in [0.15, 0.2) is 16.7 Å². The van der Waals surface area contributed by atoms with Gasteiger partial charge in [-0.15, -0.1) is 10.2 Å². The molecule has 8 nitrogen and oxygen atoms in total. The quantitative estimate of drug-likeness (QED) is 0.695. The third kappa shape index (κ3) is 4.38. The minimum Gasteiger partial charge on any atom is -0.461 e. The van der Waals surface area contributed by atoms with Crippen LogP contribution in [0.4, 0.5) is 0 Å². The molecule has 0 radical (unpaired) electrons. The number of hydrogen-bond acceptors (Lipinski definition) is 6. The second kappa shape index (κ2) is 8.53. The van der Waals surface area contributed by atoms with E-state index >= 15 is 0 Å². The van der Waals surface area contributed by atoms with Crippen LogP contribution in [0.2, 0.25) is 0 Å². The van der Waals surface area contributed by atoms with Crippen molar-refractivity contribution in [3.63, 3.8) is 0 Å². The number of rotatable bonds is 8. The van der Waals surface area contributed by atoms with Crippen LogP contribution in [0.25, 0.3) is 11.6 Å². The number of hydrogen-bond donors (Lipinski definition) is 2. The van der Waals surface area contributed by atoms with Crippen molar-refractivity contribution in [3.05, 3.63) is 18.4 Å². The Kier molecular flexibility index (Phi) is 6.42. The predicted molar refractivity (Wildman–Crippen MR) is 90.4 cm³/mol. The zero-order valence-corrected chi connectivity index (χ0v) is 14.7. The molecular formula is C15H21N5O3S. The number of amides is 2. The second-order valence-corrected chi connectivity index (χ2v) is 5.94. The highest BCUT2D eigenvalue weighted by Crippen LogP contribution is 2.23. The zero-order valence-electron chi connectivity index (χ0n) is 13.9. The summed E-state index contributed by atoms with van der Waals surface area (Å²) in [6.45, 7) is 6.63. The van der Waals surface area contributed by atoms with Crippen molar-refractivity contribution >= 4 is 23.6 Å². The summed E-state index contributed by atoms with van der Waals surface area (Å²) in [6, 6.07) is 3.03. The van der Waals surface area contributed by atoms with Gasteiger partial charge in [0.1, 0.15) is 6.04 Å². The third-order valence-electron chi connectivity index (χ3n) is 3.23. The van der Waals surface area contributed by atoms with Gasteiger partial charge >= 0.3 is 0 Å². The Labute approximate surface area is 144 Å². The Morgan fingerprint density at radius 1 is 1.38 bits per heavy atom. The van der Waals surface area contributed by atoms with Crippen molar-refractivity contribution in [2.24, 2.45) is 0 Å². The Bertz CT molecular complexity index is 683. The van der Waals surface area contributed by atoms with Crippen LogP contribution < -0.4 is 10.6 Å². The average Bonchev–Trinajstić information content (AvgIpc) is 3.21. The van der Waals surface area contributed by atoms with E-state index in [9.17, 15) is 9.59 Å². The number of carbonyl (C=O) groups excluding carboxylic acids is 2. The maximum atomic E-state index is 12.0. The summed E-state index contributed by atoms with van der Waals surface area (Å²) in [4.78, 5) is 23.6. The van der Waals surface area contributed by atoms with E-state index in [0.29, 0.717) is 29.8 Å². The first-order chi connectivity index (χ1) is 11.6. The van der Waals surface area contributed by atoms with Crippen LogP contribution in [0.15, 0.2) is 28.0 Å². The van der Waals surface area contributed by atoms with E-state index in [1.54, 1.807) is 19.3 Å². The lowest BCUT2D eigenvalue weighted by Crippen LogP contribution is -2.45. The number of nitrogens with one attached hydrogen (secondary N) is 2. The summed E-state index contributed by atoms with van der Waals surface area (Å²) in [5.41, 5.74) is 0. The van der Waals surface area contributed by atoms with E-state index in [-0.39, 0.29) is 17.6 Å². The fraction of sp³-hybridized carbons (Fsp3) is 0.467. The number of thioether (sulfide) groups is 1. The lowest BCUT2D eigenvalue weighted by atomic mass is 10.3. The van der Waals surface area contributed by atoms with Crippen LogP contribution in [0, 0.1) is 0 Å². The molecule has 0 saturated heterocycles. The predicted octanol–water partition coefficient (Wildman–Crippen LogP) is 1.29. The molecule has 2 amide bonds. The molecule has 130 valence electrons. The molecule has 2 aromatic rings. The highest BCUT2D eigenvalue weighted by molar-refractivity contribution is 7.99. The molecule has 2 aromatic heterocycles. The Morgan fingerprint density at radius 3 is 2.79 bits per heavy atom. The lowest BCUT2D eigenvalue weighted by molar-refractivity contribution is -0.127. The van der Waals surface area contributed by atoms with Gasteiger partial charge in [0.2, 0.25) is 11.8 Å². The van der Waals surface area contributed by atoms with Gasteiger partial charge in [0, 0.05) is 13.1 Å². The SMILES string of the molecule is CCNC(=O)[C@@H](C)NC(=O)CSc1nnc(-c2ccco2)n1CC. The van der Waals surface area contributed by atoms with Crippen LogP contribution >= 0.6 is 11.8 Å². The highest BCUT2D eigenvalue weighted by atomic mass is 32.2. The van der Waals surface area contributed by atoms with Crippen molar-refractivity contribution in [2.75, 3.05) is 12.3 Å². The molecule has 0 aliphatic rings. The van der Waals surface area contributed by atoms with E-state index in [2.05, 4.69) is 20.8 Å². The van der Waals surface area contributed by atoms with Gasteiger partial charge in [0.05, 0.1) is 12.0 Å². The summed E-state index contributed by atoms with van der Waals surface area (Å²) in [7, 11) is 0. The van der Waals surface area contributed by atoms with Gasteiger partial charge in [-0.2, -0.15) is 0 Å². The minimum absolute atomic E-state index is 0.153. The first-order valence-corrected chi connectivity index (χ1v) is 8.72. The Balaban J connectivity index is 1.95. The standard InChI is InChI=1S/C15H21N5O3S/c1-4-16-14(22)10(3)17-12(21)9-24-15-19-18-13(20(15)5-2)11-7-6-8-23-11/h6-8,10H,4-5,9H2,1-3H3,(H,16,22)(H,17,21)/t10-/m1/s1. The van der Waals surface area contributed by atoms with Crippen LogP contribution in [0.5, 0.6) is 0 Å². The minimum atomic E-state index is -0.569. The first-order valence-electron chi connectivity index (χ1n) is 7.73. The summed E-state index contributed by atoms with van der Waals surface area (Å²) in [6.07, 6.45) is 1.58. The van der Waals surface area contributed by atoms with E-state index in [1.807, 2.05) is 24.5 Å². The van der Waals surface area contributed by atoms with Crippen molar-refractivity contribution < 1.29 is 14.0 Å². The Morgan fingerprint density at radius 2 is 2.17 bits per heavy atom. The molecule has 0 aliphatic carbocycles. The van der Waals surface area contributed by atoms with Gasteiger partial charge < -0.3 is 15.1 Å². The van der Waals surface area contributed by atoms with Crippen molar-refractivity contribution in [1.29, 1.82) is 0 Å². The van der Waals surface area contributed by atoms with Crippen LogP contribution in [-0.4, -0.2) is 44.9 Å². The van der Waals surface area contributed by atoms with Crippen LogP contribution in [0.1, 0.15) is 20.8 Å². The van der Waals surface area contributed by atoms with Crippen LogP contribution in [-0.2, 0) is 16.1 Å². The van der Waals surface area contributed by atoms with Crippen molar-refractivity contribution in [2.45, 2.75) is 38.5 Å². The maximum absolute atomic E-state index is 12.0. The van der Waals surface area contributed by atoms with E-state index in [1.165, 1.54) is 11.8 Å². The molecule has 2 heterocycles. The van der Waals surface area contributed by atoms with Gasteiger partial charge in [-0.3, -0.25) is 14.2 Å². The third-order valence-corrected chi connectivity index (χ3v) is 4.20. The summed E-state index contributed by atoms with van der Waals surface area (Å²) >= 11 is 1.27. The molecule has 0 aliphatic heterocycles. The van der Waals surface area contributed by atoms with E-state index < -0.39 is 6.04 Å². The first kappa shape index (κ1) is 18.1. The maximum Gasteiger partial charge on any atom is 0.242 e. The summed E-state index contributed by atoms with van der Waals surface area (Å²) in [5, 5.41) is 14.2. The number of nitrogens with zero attached hydrogens (tertiary/aromatic N) is 3. The Hall–Kier alpha value is -2.29. The fourth-order valence-corrected chi connectivity index (χ4v) is 2.89. The molecule has 0 saturated carbocycles. The number of likely N-dealkylation sites (N-methyl/N-ethyl adjacent to an activating group) is 1. The lowest BCUT2D eigenvalue weighted by Gasteiger charge is -2.13. The average molecular weight is 351 g/mol. The van der Waals surface area contributed by atoms with E-state index in [0.717, 1.165) is 0 Å². The molecule has 0 spiro atoms. The molecule has 24 heavy (non-hydrogen) atoms. The monoisotopic (exact) mass is 351 g/mol. The molecule has 9 heteroatoms. The number of aromatic nitrogens is 3. The molecule has 0 aromatic carbocycles. The van der Waals surface area contributed by atoms with Gasteiger partial charge in [-0.1, -0.05) is 11.8 Å². The smallest absolute Gasteiger partial charge is 0.242 e. The zero-order chi connectivity index (χ0) is 17.5. The van der Waals surface area contributed by atoms with Crippen molar-refractivity contribution in [1.82, 2.24) is 25.4 Å². The largest absolute Gasteiger partial charge is 0.461 e. The van der Waals surface area contributed by atoms with Gasteiger partial charge in [-0.25, -0.2) is 0 Å². The van der Waals surface area contributed by atoms with Gasteiger partial charge in [-0.05, 0) is 32.9 Å². The second-order valence-electron chi connectivity index (χ2n) is 5.00. The molecule has 0 fully saturated rings. The highest BCUT2D eigenvalue weighted by Gasteiger charge is 2.18. The molecule has 0 unspecified atom stereocenters. The van der Waals surface area contributed by atoms with Crippen LogP contribution in [0.3, 0.4) is 0 Å². The molecule has 2 N–H and O–H groups in total. The van der Waals surface area contributed by atoms with Gasteiger partial charge in [0.25, 0.3) is 0 Å². The number of carbonyl (C=O) groups is 2. The van der Waals surface area contributed by atoms with Crippen molar-refractivity contribution in [3.8, 4) is 11.6 Å². The normalized spacial score (nSPS) is 12.0. The topological polar surface area (TPSA) is 102 Å². The molecule has 0 bridgehead atoms. The summed E-state index contributed by atoms with van der Waals surface area (Å²) < 4.78 is 7.23.